The molecule has 0 bridgehead atoms. The van der Waals surface area contributed by atoms with Crippen LogP contribution in [0.1, 0.15) is 35.7 Å². The van der Waals surface area contributed by atoms with Crippen molar-refractivity contribution in [2.45, 2.75) is 32.1 Å². The molecule has 1 saturated carbocycles. The van der Waals surface area contributed by atoms with Crippen molar-refractivity contribution in [3.8, 4) is 11.5 Å². The summed E-state index contributed by atoms with van der Waals surface area (Å²) in [4.78, 5) is 16.5. The second kappa shape index (κ2) is 6.16. The van der Waals surface area contributed by atoms with Crippen LogP contribution in [0.4, 0.5) is 10.2 Å². The molecule has 1 fully saturated rings. The first-order chi connectivity index (χ1) is 12.1. The number of nitrogens with zero attached hydrogens (tertiary/aromatic N) is 2. The van der Waals surface area contributed by atoms with E-state index in [9.17, 15) is 9.18 Å². The van der Waals surface area contributed by atoms with Gasteiger partial charge in [-0.25, -0.2) is 9.37 Å². The van der Waals surface area contributed by atoms with Crippen LogP contribution in [-0.2, 0) is 11.2 Å². The van der Waals surface area contributed by atoms with E-state index in [0.29, 0.717) is 28.9 Å². The van der Waals surface area contributed by atoms with Gasteiger partial charge in [0, 0.05) is 22.7 Å². The van der Waals surface area contributed by atoms with Crippen molar-refractivity contribution in [3.05, 3.63) is 53.3 Å². The van der Waals surface area contributed by atoms with Crippen molar-refractivity contribution in [1.82, 2.24) is 15.2 Å². The Morgan fingerprint density at radius 1 is 1.36 bits per heavy atom. The zero-order valence-corrected chi connectivity index (χ0v) is 13.7. The van der Waals surface area contributed by atoms with Gasteiger partial charge in [0.1, 0.15) is 12.1 Å². The number of nitrogens with one attached hydrogen (secondary N) is 2. The first-order valence-corrected chi connectivity index (χ1v) is 8.15. The number of hydrogen-bond donors (Lipinski definition) is 2. The average molecular weight is 340 g/mol. The molecule has 0 saturated heterocycles. The van der Waals surface area contributed by atoms with E-state index in [-0.39, 0.29) is 18.1 Å². The molecule has 0 aliphatic heterocycles. The number of aromatic amines is 1. The van der Waals surface area contributed by atoms with Crippen molar-refractivity contribution in [2.24, 2.45) is 0 Å². The lowest BCUT2D eigenvalue weighted by molar-refractivity contribution is -0.115. The molecule has 0 atom stereocenters. The summed E-state index contributed by atoms with van der Waals surface area (Å²) in [5, 5.41) is 9.99. The van der Waals surface area contributed by atoms with Gasteiger partial charge in [-0.15, -0.1) is 0 Å². The Kier molecular flexibility index (Phi) is 3.83. The predicted molar refractivity (Wildman–Crippen MR) is 89.5 cm³/mol. The van der Waals surface area contributed by atoms with Crippen molar-refractivity contribution < 1.29 is 13.6 Å². The highest BCUT2D eigenvalue weighted by Crippen LogP contribution is 2.41. The van der Waals surface area contributed by atoms with E-state index in [1.54, 1.807) is 12.1 Å². The molecule has 0 unspecified atom stereocenters. The molecule has 1 aliphatic carbocycles. The minimum Gasteiger partial charge on any atom is -0.444 e. The zero-order valence-electron chi connectivity index (χ0n) is 13.7. The average Bonchev–Trinajstić information content (AvgIpc) is 3.23. The van der Waals surface area contributed by atoms with Crippen LogP contribution in [0, 0.1) is 12.7 Å². The lowest BCUT2D eigenvalue weighted by atomic mass is 10.2. The molecule has 1 aromatic carbocycles. The Morgan fingerprint density at radius 3 is 2.84 bits per heavy atom. The minimum absolute atomic E-state index is 0.0791. The van der Waals surface area contributed by atoms with E-state index >= 15 is 0 Å². The van der Waals surface area contributed by atoms with Crippen molar-refractivity contribution in [1.29, 1.82) is 0 Å². The summed E-state index contributed by atoms with van der Waals surface area (Å²) in [7, 11) is 0. The quantitative estimate of drug-likeness (QED) is 0.744. The van der Waals surface area contributed by atoms with Crippen molar-refractivity contribution in [2.75, 3.05) is 5.32 Å². The van der Waals surface area contributed by atoms with Gasteiger partial charge in [-0.05, 0) is 44.0 Å². The van der Waals surface area contributed by atoms with E-state index in [2.05, 4.69) is 20.5 Å². The molecule has 6 nitrogen and oxygen atoms in total. The van der Waals surface area contributed by atoms with Gasteiger partial charge in [-0.3, -0.25) is 9.89 Å². The van der Waals surface area contributed by atoms with Crippen LogP contribution in [0.5, 0.6) is 0 Å². The van der Waals surface area contributed by atoms with Crippen LogP contribution in [-0.4, -0.2) is 21.1 Å². The Hall–Kier alpha value is -2.96. The van der Waals surface area contributed by atoms with Crippen LogP contribution in [0.25, 0.3) is 11.5 Å². The van der Waals surface area contributed by atoms with Crippen molar-refractivity contribution >= 4 is 11.7 Å². The predicted octanol–water partition coefficient (Wildman–Crippen LogP) is 3.57. The Balaban J connectivity index is 1.42. The molecule has 1 aliphatic rings. The Morgan fingerprint density at radius 2 is 2.12 bits per heavy atom. The summed E-state index contributed by atoms with van der Waals surface area (Å²) < 4.78 is 18.3. The fourth-order valence-electron chi connectivity index (χ4n) is 2.76. The first-order valence-electron chi connectivity index (χ1n) is 8.15. The third-order valence-electron chi connectivity index (χ3n) is 4.28. The number of H-pyrrole nitrogens is 1. The second-order valence-corrected chi connectivity index (χ2v) is 6.26. The second-order valence-electron chi connectivity index (χ2n) is 6.26. The molecule has 2 heterocycles. The molecular weight excluding hydrogens is 323 g/mol. The molecule has 25 heavy (non-hydrogen) atoms. The summed E-state index contributed by atoms with van der Waals surface area (Å²) in [5.41, 5.74) is 3.26. The number of hydrogen-bond acceptors (Lipinski definition) is 4. The number of halogens is 1. The molecule has 0 radical (unpaired) electrons. The van der Waals surface area contributed by atoms with Gasteiger partial charge in [0.15, 0.2) is 5.82 Å². The Labute approximate surface area is 143 Å². The smallest absolute Gasteiger partial charge is 0.231 e. The van der Waals surface area contributed by atoms with Gasteiger partial charge in [0.2, 0.25) is 11.8 Å². The standard InChI is InChI=1S/C18H17FN4O2/c1-10-16(11-2-3-11)22-23-17(10)21-15(24)8-14-9-25-18(20-14)12-4-6-13(19)7-5-12/h4-7,9,11H,2-3,8H2,1H3,(H2,21,22,23,24). The number of carbonyl (C=O) groups excluding carboxylic acids is 1. The highest BCUT2D eigenvalue weighted by molar-refractivity contribution is 5.91. The SMILES string of the molecule is Cc1c(NC(=O)Cc2coc(-c3ccc(F)cc3)n2)n[nH]c1C1CC1. The molecule has 3 aromatic rings. The molecule has 0 spiro atoms. The molecule has 4 rings (SSSR count). The monoisotopic (exact) mass is 340 g/mol. The maximum absolute atomic E-state index is 13.0. The number of benzene rings is 1. The number of aromatic nitrogens is 3. The first kappa shape index (κ1) is 15.6. The van der Waals surface area contributed by atoms with Gasteiger partial charge in [0.25, 0.3) is 0 Å². The highest BCUT2D eigenvalue weighted by atomic mass is 19.1. The summed E-state index contributed by atoms with van der Waals surface area (Å²) in [6.45, 7) is 1.95. The molecule has 128 valence electrons. The molecule has 7 heteroatoms. The van der Waals surface area contributed by atoms with E-state index in [1.165, 1.54) is 31.2 Å². The van der Waals surface area contributed by atoms with Gasteiger partial charge >= 0.3 is 0 Å². The molecule has 2 aromatic heterocycles. The number of amides is 1. The van der Waals surface area contributed by atoms with Crippen LogP contribution in [0.15, 0.2) is 34.9 Å². The fourth-order valence-corrected chi connectivity index (χ4v) is 2.76. The molecule has 2 N–H and O–H groups in total. The van der Waals surface area contributed by atoms with Gasteiger partial charge in [-0.1, -0.05) is 0 Å². The van der Waals surface area contributed by atoms with Crippen LogP contribution < -0.4 is 5.32 Å². The summed E-state index contributed by atoms with van der Waals surface area (Å²) >= 11 is 0. The van der Waals surface area contributed by atoms with Crippen LogP contribution in [0.3, 0.4) is 0 Å². The topological polar surface area (TPSA) is 83.8 Å². The number of carbonyl (C=O) groups is 1. The lowest BCUT2D eigenvalue weighted by Crippen LogP contribution is -2.15. The number of anilines is 1. The zero-order chi connectivity index (χ0) is 17.4. The minimum atomic E-state index is -0.324. The van der Waals surface area contributed by atoms with Crippen LogP contribution in [0.2, 0.25) is 0 Å². The summed E-state index contributed by atoms with van der Waals surface area (Å²) in [5.74, 6) is 0.932. The maximum atomic E-state index is 13.0. The lowest BCUT2D eigenvalue weighted by Gasteiger charge is -2.01. The van der Waals surface area contributed by atoms with Crippen molar-refractivity contribution in [3.63, 3.8) is 0 Å². The number of oxazole rings is 1. The van der Waals surface area contributed by atoms with E-state index < -0.39 is 0 Å². The van der Waals surface area contributed by atoms with Gasteiger partial charge in [-0.2, -0.15) is 5.10 Å². The fraction of sp³-hybridized carbons (Fsp3) is 0.278. The van der Waals surface area contributed by atoms with Gasteiger partial charge < -0.3 is 9.73 Å². The normalized spacial score (nSPS) is 13.8. The Bertz CT molecular complexity index is 910. The molecule has 1 amide bonds. The van der Waals surface area contributed by atoms with Crippen LogP contribution >= 0.6 is 0 Å². The summed E-state index contributed by atoms with van der Waals surface area (Å²) in [6, 6.07) is 5.84. The third-order valence-corrected chi connectivity index (χ3v) is 4.28. The van der Waals surface area contributed by atoms with E-state index in [0.717, 1.165) is 11.3 Å². The van der Waals surface area contributed by atoms with Gasteiger partial charge in [0.05, 0.1) is 12.1 Å². The van der Waals surface area contributed by atoms with E-state index in [4.69, 9.17) is 4.42 Å². The van der Waals surface area contributed by atoms with E-state index in [1.807, 2.05) is 6.92 Å². The molecular formula is C18H17FN4O2. The number of rotatable bonds is 5. The summed E-state index contributed by atoms with van der Waals surface area (Å²) in [6.07, 6.45) is 3.85. The third kappa shape index (κ3) is 3.31. The largest absolute Gasteiger partial charge is 0.444 e. The maximum Gasteiger partial charge on any atom is 0.231 e. The highest BCUT2D eigenvalue weighted by Gasteiger charge is 2.28.